The lowest BCUT2D eigenvalue weighted by atomic mass is 10.2. The number of ether oxygens (including phenoxy) is 1. The zero-order chi connectivity index (χ0) is 19.2. The van der Waals surface area contributed by atoms with Crippen molar-refractivity contribution in [2.75, 3.05) is 43.0 Å². The Hall–Kier alpha value is -2.53. The first-order valence-corrected chi connectivity index (χ1v) is 10.4. The molecule has 2 heterocycles. The molecule has 4 rings (SSSR count). The topological polar surface area (TPSA) is 44.8 Å². The molecule has 0 bridgehead atoms. The fraction of sp³-hybridized carbons (Fsp3) is 0.435. The Morgan fingerprint density at radius 2 is 1.68 bits per heavy atom. The molecule has 5 heteroatoms. The van der Waals surface area contributed by atoms with Crippen LogP contribution in [0, 0.1) is 0 Å². The Kier molecular flexibility index (Phi) is 6.12. The van der Waals surface area contributed by atoms with Crippen LogP contribution in [0.2, 0.25) is 0 Å². The van der Waals surface area contributed by atoms with E-state index in [0.29, 0.717) is 13.2 Å². The number of carbonyl (C=O) groups excluding carboxylic acids is 1. The summed E-state index contributed by atoms with van der Waals surface area (Å²) < 4.78 is 5.78. The molecule has 2 aromatic carbocycles. The number of hydrogen-bond donors (Lipinski definition) is 1. The molecule has 0 spiro atoms. The van der Waals surface area contributed by atoms with Gasteiger partial charge in [0.1, 0.15) is 12.4 Å². The molecule has 0 atom stereocenters. The van der Waals surface area contributed by atoms with Gasteiger partial charge in [-0.2, -0.15) is 0 Å². The van der Waals surface area contributed by atoms with Gasteiger partial charge >= 0.3 is 0 Å². The summed E-state index contributed by atoms with van der Waals surface area (Å²) in [6, 6.07) is 16.3. The quantitative estimate of drug-likeness (QED) is 0.875. The SMILES string of the molecule is O=C(CN1CCOc2ccccc2C1)Nc1ccc(N2CCCCCC2)cc1. The standard InChI is InChI=1S/C23H29N3O2/c27-23(18-25-15-16-28-22-8-4-3-7-19(22)17-25)24-20-9-11-21(12-10-20)26-13-5-1-2-6-14-26/h3-4,7-12H,1-2,5-6,13-18H2,(H,24,27). The van der Waals surface area contributed by atoms with Gasteiger partial charge in [0.05, 0.1) is 6.54 Å². The van der Waals surface area contributed by atoms with Crippen LogP contribution in [-0.4, -0.2) is 43.6 Å². The first-order valence-electron chi connectivity index (χ1n) is 10.4. The van der Waals surface area contributed by atoms with E-state index in [4.69, 9.17) is 4.74 Å². The van der Waals surface area contributed by atoms with Crippen molar-refractivity contribution >= 4 is 17.3 Å². The maximum atomic E-state index is 12.5. The monoisotopic (exact) mass is 379 g/mol. The van der Waals surface area contributed by atoms with Crippen LogP contribution in [0.5, 0.6) is 5.75 Å². The first-order chi connectivity index (χ1) is 13.8. The molecule has 1 fully saturated rings. The minimum absolute atomic E-state index is 0.0157. The second-order valence-electron chi connectivity index (χ2n) is 7.66. The van der Waals surface area contributed by atoms with Gasteiger partial charge in [-0.1, -0.05) is 31.0 Å². The molecule has 2 aromatic rings. The molecule has 2 aliphatic heterocycles. The fourth-order valence-electron chi connectivity index (χ4n) is 4.00. The van der Waals surface area contributed by atoms with Gasteiger partial charge in [-0.15, -0.1) is 0 Å². The van der Waals surface area contributed by atoms with Gasteiger partial charge < -0.3 is 15.0 Å². The summed E-state index contributed by atoms with van der Waals surface area (Å²) in [5, 5.41) is 3.04. The number of anilines is 2. The number of nitrogens with zero attached hydrogens (tertiary/aromatic N) is 2. The van der Waals surface area contributed by atoms with E-state index in [2.05, 4.69) is 33.3 Å². The van der Waals surface area contributed by atoms with Crippen LogP contribution >= 0.6 is 0 Å². The molecular formula is C23H29N3O2. The Labute approximate surface area is 167 Å². The molecular weight excluding hydrogens is 350 g/mol. The lowest BCUT2D eigenvalue weighted by Crippen LogP contribution is -2.34. The van der Waals surface area contributed by atoms with Crippen molar-refractivity contribution in [2.24, 2.45) is 0 Å². The Bertz CT molecular complexity index is 783. The van der Waals surface area contributed by atoms with E-state index in [1.807, 2.05) is 30.3 Å². The highest BCUT2D eigenvalue weighted by atomic mass is 16.5. The third kappa shape index (κ3) is 4.84. The van der Waals surface area contributed by atoms with Crippen LogP contribution in [0.1, 0.15) is 31.2 Å². The van der Waals surface area contributed by atoms with Crippen molar-refractivity contribution in [3.05, 3.63) is 54.1 Å². The van der Waals surface area contributed by atoms with Gasteiger partial charge in [0.25, 0.3) is 0 Å². The van der Waals surface area contributed by atoms with Gasteiger partial charge in [-0.25, -0.2) is 0 Å². The van der Waals surface area contributed by atoms with Gasteiger partial charge in [-0.05, 0) is 43.2 Å². The fourth-order valence-corrected chi connectivity index (χ4v) is 4.00. The Morgan fingerprint density at radius 1 is 0.929 bits per heavy atom. The van der Waals surface area contributed by atoms with E-state index in [0.717, 1.165) is 43.2 Å². The minimum atomic E-state index is 0.0157. The van der Waals surface area contributed by atoms with E-state index >= 15 is 0 Å². The largest absolute Gasteiger partial charge is 0.492 e. The zero-order valence-corrected chi connectivity index (χ0v) is 16.4. The molecule has 1 amide bonds. The number of carbonyl (C=O) groups is 1. The lowest BCUT2D eigenvalue weighted by Gasteiger charge is -2.23. The number of hydrogen-bond acceptors (Lipinski definition) is 4. The van der Waals surface area contributed by atoms with Crippen LogP contribution in [0.4, 0.5) is 11.4 Å². The van der Waals surface area contributed by atoms with E-state index < -0.39 is 0 Å². The van der Waals surface area contributed by atoms with E-state index in [1.54, 1.807) is 0 Å². The van der Waals surface area contributed by atoms with Crippen molar-refractivity contribution in [3.63, 3.8) is 0 Å². The van der Waals surface area contributed by atoms with Crippen molar-refractivity contribution < 1.29 is 9.53 Å². The molecule has 28 heavy (non-hydrogen) atoms. The second-order valence-corrected chi connectivity index (χ2v) is 7.66. The predicted molar refractivity (Wildman–Crippen MR) is 113 cm³/mol. The normalized spacial score (nSPS) is 17.8. The molecule has 2 aliphatic rings. The van der Waals surface area contributed by atoms with Gasteiger partial charge in [0, 0.05) is 43.1 Å². The molecule has 0 radical (unpaired) electrons. The van der Waals surface area contributed by atoms with Crippen molar-refractivity contribution in [1.82, 2.24) is 4.90 Å². The molecule has 0 saturated carbocycles. The predicted octanol–water partition coefficient (Wildman–Crippen LogP) is 3.90. The van der Waals surface area contributed by atoms with Gasteiger partial charge in [0.15, 0.2) is 0 Å². The summed E-state index contributed by atoms with van der Waals surface area (Å²) >= 11 is 0. The third-order valence-corrected chi connectivity index (χ3v) is 5.52. The number of fused-ring (bicyclic) bond motifs is 1. The van der Waals surface area contributed by atoms with Crippen LogP contribution < -0.4 is 15.0 Å². The van der Waals surface area contributed by atoms with Gasteiger partial charge in [-0.3, -0.25) is 9.69 Å². The van der Waals surface area contributed by atoms with Crippen molar-refractivity contribution in [1.29, 1.82) is 0 Å². The summed E-state index contributed by atoms with van der Waals surface area (Å²) in [6.45, 7) is 4.71. The summed E-state index contributed by atoms with van der Waals surface area (Å²) in [7, 11) is 0. The van der Waals surface area contributed by atoms with Crippen molar-refractivity contribution in [2.45, 2.75) is 32.2 Å². The maximum Gasteiger partial charge on any atom is 0.238 e. The number of nitrogens with one attached hydrogen (secondary N) is 1. The maximum absolute atomic E-state index is 12.5. The number of rotatable bonds is 4. The lowest BCUT2D eigenvalue weighted by molar-refractivity contribution is -0.117. The summed E-state index contributed by atoms with van der Waals surface area (Å²) in [5.41, 5.74) is 3.24. The molecule has 148 valence electrons. The summed E-state index contributed by atoms with van der Waals surface area (Å²) in [6.07, 6.45) is 5.19. The van der Waals surface area contributed by atoms with Gasteiger partial charge in [0.2, 0.25) is 5.91 Å². The molecule has 0 aromatic heterocycles. The first kappa shape index (κ1) is 18.8. The van der Waals surface area contributed by atoms with Crippen LogP contribution in [0.3, 0.4) is 0 Å². The zero-order valence-electron chi connectivity index (χ0n) is 16.4. The average Bonchev–Trinajstić information content (AvgIpc) is 3.09. The Morgan fingerprint density at radius 3 is 2.46 bits per heavy atom. The Balaban J connectivity index is 1.32. The molecule has 1 saturated heterocycles. The molecule has 5 nitrogen and oxygen atoms in total. The van der Waals surface area contributed by atoms with E-state index in [1.165, 1.54) is 31.4 Å². The van der Waals surface area contributed by atoms with Crippen LogP contribution in [0.25, 0.3) is 0 Å². The number of amides is 1. The van der Waals surface area contributed by atoms with Crippen LogP contribution in [0.15, 0.2) is 48.5 Å². The van der Waals surface area contributed by atoms with Crippen LogP contribution in [-0.2, 0) is 11.3 Å². The second kappa shape index (κ2) is 9.11. The molecule has 1 N–H and O–H groups in total. The average molecular weight is 380 g/mol. The van der Waals surface area contributed by atoms with E-state index in [9.17, 15) is 4.79 Å². The molecule has 0 aliphatic carbocycles. The summed E-state index contributed by atoms with van der Waals surface area (Å²) in [4.78, 5) is 17.1. The highest BCUT2D eigenvalue weighted by molar-refractivity contribution is 5.92. The number of benzene rings is 2. The highest BCUT2D eigenvalue weighted by Gasteiger charge is 2.17. The summed E-state index contributed by atoms with van der Waals surface area (Å²) in [5.74, 6) is 0.941. The van der Waals surface area contributed by atoms with Crippen molar-refractivity contribution in [3.8, 4) is 5.75 Å². The minimum Gasteiger partial charge on any atom is -0.492 e. The third-order valence-electron chi connectivity index (χ3n) is 5.52. The highest BCUT2D eigenvalue weighted by Crippen LogP contribution is 2.23. The molecule has 0 unspecified atom stereocenters. The number of para-hydroxylation sites is 1. The van der Waals surface area contributed by atoms with E-state index in [-0.39, 0.29) is 5.91 Å². The smallest absolute Gasteiger partial charge is 0.238 e.